The number of carbonyl (C=O) groups excluding carboxylic acids is 2. The van der Waals surface area contributed by atoms with E-state index in [1.165, 1.54) is 21.6 Å². The van der Waals surface area contributed by atoms with Crippen LogP contribution in [0.5, 0.6) is 11.6 Å². The number of alkyl halides is 2. The first-order valence-electron chi connectivity index (χ1n) is 11.4. The van der Waals surface area contributed by atoms with Crippen LogP contribution in [0.15, 0.2) is 36.7 Å². The molecule has 0 bridgehead atoms. The van der Waals surface area contributed by atoms with Crippen molar-refractivity contribution in [2.24, 2.45) is 14.1 Å². The highest BCUT2D eigenvalue weighted by Crippen LogP contribution is 2.44. The molecule has 0 atom stereocenters. The summed E-state index contributed by atoms with van der Waals surface area (Å²) in [6.07, 6.45) is 2.11. The van der Waals surface area contributed by atoms with Gasteiger partial charge in [0, 0.05) is 43.4 Å². The number of ketones is 1. The maximum Gasteiger partial charge on any atom is 0.348 e. The summed E-state index contributed by atoms with van der Waals surface area (Å²) < 4.78 is 39.3. The number of esters is 1. The van der Waals surface area contributed by atoms with E-state index in [4.69, 9.17) is 9.47 Å². The lowest BCUT2D eigenvalue weighted by atomic mass is 9.99. The van der Waals surface area contributed by atoms with E-state index < -0.39 is 24.8 Å². The third kappa shape index (κ3) is 4.43. The molecule has 4 aromatic rings. The molecule has 1 saturated carbocycles. The molecule has 0 N–H and O–H groups in total. The molecule has 36 heavy (non-hydrogen) atoms. The van der Waals surface area contributed by atoms with E-state index in [0.717, 1.165) is 12.8 Å². The molecule has 1 fully saturated rings. The van der Waals surface area contributed by atoms with Crippen molar-refractivity contribution in [2.75, 3.05) is 6.61 Å². The first-order valence-corrected chi connectivity index (χ1v) is 11.4. The summed E-state index contributed by atoms with van der Waals surface area (Å²) >= 11 is 0. The number of aryl methyl sites for hydroxylation is 3. The van der Waals surface area contributed by atoms with Crippen LogP contribution in [0.2, 0.25) is 0 Å². The number of ether oxygens (including phenoxy) is 2. The molecular formula is C25H23F2N5O4. The van der Waals surface area contributed by atoms with Crippen molar-refractivity contribution in [1.82, 2.24) is 24.5 Å². The Bertz CT molecular complexity index is 1490. The SMILES string of the molecule is Cc1nn(C)cc1C(=O)Oc1c(C(=O)c2ccc3nccc(OCC(F)F)c3c2)c(C2CC2)nn1C. The van der Waals surface area contributed by atoms with Crippen LogP contribution in [0, 0.1) is 6.92 Å². The molecule has 0 aliphatic heterocycles. The van der Waals surface area contributed by atoms with Gasteiger partial charge in [0.05, 0.1) is 16.9 Å². The molecule has 1 aliphatic carbocycles. The molecule has 0 spiro atoms. The lowest BCUT2D eigenvalue weighted by molar-refractivity contribution is 0.0717. The number of carbonyl (C=O) groups is 2. The fraction of sp³-hybridized carbons (Fsp3) is 0.320. The van der Waals surface area contributed by atoms with Crippen LogP contribution in [0.4, 0.5) is 8.78 Å². The zero-order chi connectivity index (χ0) is 25.6. The van der Waals surface area contributed by atoms with Crippen LogP contribution in [0.1, 0.15) is 56.4 Å². The molecule has 1 aliphatic rings. The van der Waals surface area contributed by atoms with Gasteiger partial charge in [-0.3, -0.25) is 14.5 Å². The normalized spacial score (nSPS) is 13.4. The molecule has 1 aromatic carbocycles. The van der Waals surface area contributed by atoms with Gasteiger partial charge in [-0.1, -0.05) is 0 Å². The highest BCUT2D eigenvalue weighted by molar-refractivity contribution is 6.13. The number of hydrogen-bond donors (Lipinski definition) is 0. The summed E-state index contributed by atoms with van der Waals surface area (Å²) in [4.78, 5) is 31.0. The van der Waals surface area contributed by atoms with Crippen molar-refractivity contribution >= 4 is 22.7 Å². The Kier molecular flexibility index (Phi) is 5.99. The smallest absolute Gasteiger partial charge is 0.348 e. The molecule has 0 amide bonds. The number of halogens is 2. The highest BCUT2D eigenvalue weighted by Gasteiger charge is 2.36. The summed E-state index contributed by atoms with van der Waals surface area (Å²) in [6.45, 7) is 0.915. The Hall–Kier alpha value is -4.15. The lowest BCUT2D eigenvalue weighted by Gasteiger charge is -2.10. The number of aromatic nitrogens is 5. The Morgan fingerprint density at radius 3 is 2.61 bits per heavy atom. The second kappa shape index (κ2) is 9.14. The average Bonchev–Trinajstić information content (AvgIpc) is 3.56. The second-order valence-corrected chi connectivity index (χ2v) is 8.73. The van der Waals surface area contributed by atoms with Gasteiger partial charge in [-0.15, -0.1) is 0 Å². The minimum Gasteiger partial charge on any atom is -0.487 e. The monoisotopic (exact) mass is 495 g/mol. The van der Waals surface area contributed by atoms with Crippen LogP contribution in [-0.2, 0) is 14.1 Å². The summed E-state index contributed by atoms with van der Waals surface area (Å²) in [5.41, 5.74) is 2.30. The third-order valence-electron chi connectivity index (χ3n) is 5.96. The van der Waals surface area contributed by atoms with E-state index >= 15 is 0 Å². The summed E-state index contributed by atoms with van der Waals surface area (Å²) in [5, 5.41) is 9.09. The van der Waals surface area contributed by atoms with Gasteiger partial charge in [-0.25, -0.2) is 18.3 Å². The summed E-state index contributed by atoms with van der Waals surface area (Å²) in [6, 6.07) is 6.23. The molecule has 0 unspecified atom stereocenters. The first-order chi connectivity index (χ1) is 17.2. The van der Waals surface area contributed by atoms with E-state index in [-0.39, 0.29) is 34.2 Å². The van der Waals surface area contributed by atoms with E-state index in [2.05, 4.69) is 15.2 Å². The fourth-order valence-electron chi connectivity index (χ4n) is 4.13. The predicted molar refractivity (Wildman–Crippen MR) is 125 cm³/mol. The molecule has 5 rings (SSSR count). The number of nitrogens with zero attached hydrogens (tertiary/aromatic N) is 5. The first kappa shape index (κ1) is 23.6. The lowest BCUT2D eigenvalue weighted by Crippen LogP contribution is -2.14. The Labute approximate surface area is 204 Å². The molecule has 11 heteroatoms. The zero-order valence-corrected chi connectivity index (χ0v) is 19.9. The van der Waals surface area contributed by atoms with Crippen LogP contribution < -0.4 is 9.47 Å². The van der Waals surface area contributed by atoms with Crippen molar-refractivity contribution in [2.45, 2.75) is 32.1 Å². The summed E-state index contributed by atoms with van der Waals surface area (Å²) in [7, 11) is 3.31. The minimum atomic E-state index is -2.64. The van der Waals surface area contributed by atoms with Gasteiger partial charge < -0.3 is 9.47 Å². The average molecular weight is 495 g/mol. The number of pyridine rings is 1. The topological polar surface area (TPSA) is 101 Å². The van der Waals surface area contributed by atoms with Gasteiger partial charge in [-0.2, -0.15) is 10.2 Å². The quantitative estimate of drug-likeness (QED) is 0.269. The van der Waals surface area contributed by atoms with Gasteiger partial charge in [0.25, 0.3) is 6.43 Å². The molecular weight excluding hydrogens is 472 g/mol. The van der Waals surface area contributed by atoms with Crippen molar-refractivity contribution in [3.63, 3.8) is 0 Å². The Morgan fingerprint density at radius 2 is 1.94 bits per heavy atom. The Morgan fingerprint density at radius 1 is 1.17 bits per heavy atom. The molecule has 3 heterocycles. The van der Waals surface area contributed by atoms with Gasteiger partial charge in [0.2, 0.25) is 5.88 Å². The largest absolute Gasteiger partial charge is 0.487 e. The van der Waals surface area contributed by atoms with E-state index in [1.54, 1.807) is 45.4 Å². The van der Waals surface area contributed by atoms with E-state index in [1.807, 2.05) is 0 Å². The van der Waals surface area contributed by atoms with Crippen molar-refractivity contribution in [3.05, 3.63) is 64.7 Å². The van der Waals surface area contributed by atoms with E-state index in [0.29, 0.717) is 22.3 Å². The standard InChI is InChI=1S/C25H23F2N5O4/c1-13-17(11-31(2)29-13)25(34)36-24-21(22(14-4-5-14)30-32(24)3)23(33)15-6-7-18-16(10-15)19(8-9-28-18)35-12-20(26)27/h6-11,14,20H,4-5,12H2,1-3H3. The molecule has 186 valence electrons. The predicted octanol–water partition coefficient (Wildman–Crippen LogP) is 3.98. The van der Waals surface area contributed by atoms with Crippen molar-refractivity contribution in [1.29, 1.82) is 0 Å². The Balaban J connectivity index is 1.55. The molecule has 0 radical (unpaired) electrons. The number of benzene rings is 1. The molecule has 9 nitrogen and oxygen atoms in total. The van der Waals surface area contributed by atoms with Crippen molar-refractivity contribution < 1.29 is 27.8 Å². The summed E-state index contributed by atoms with van der Waals surface area (Å²) in [5.74, 6) is -0.723. The van der Waals surface area contributed by atoms with Crippen LogP contribution in [0.3, 0.4) is 0 Å². The second-order valence-electron chi connectivity index (χ2n) is 8.73. The van der Waals surface area contributed by atoms with Gasteiger partial charge in [-0.05, 0) is 44.0 Å². The van der Waals surface area contributed by atoms with Crippen molar-refractivity contribution in [3.8, 4) is 11.6 Å². The molecule has 3 aromatic heterocycles. The fourth-order valence-corrected chi connectivity index (χ4v) is 4.13. The maximum absolute atomic E-state index is 13.8. The number of fused-ring (bicyclic) bond motifs is 1. The maximum atomic E-state index is 13.8. The highest BCUT2D eigenvalue weighted by atomic mass is 19.3. The number of rotatable bonds is 8. The molecule has 0 saturated heterocycles. The van der Waals surface area contributed by atoms with Gasteiger partial charge >= 0.3 is 5.97 Å². The minimum absolute atomic E-state index is 0.0376. The van der Waals surface area contributed by atoms with Crippen LogP contribution in [-0.4, -0.2) is 49.3 Å². The van der Waals surface area contributed by atoms with Gasteiger partial charge in [0.15, 0.2) is 5.78 Å². The third-order valence-corrected chi connectivity index (χ3v) is 5.96. The van der Waals surface area contributed by atoms with E-state index in [9.17, 15) is 18.4 Å². The van der Waals surface area contributed by atoms with Crippen LogP contribution >= 0.6 is 0 Å². The van der Waals surface area contributed by atoms with Crippen LogP contribution in [0.25, 0.3) is 10.9 Å². The number of hydrogen-bond acceptors (Lipinski definition) is 7. The zero-order valence-electron chi connectivity index (χ0n) is 19.9. The van der Waals surface area contributed by atoms with Gasteiger partial charge in [0.1, 0.15) is 23.5 Å².